The highest BCUT2D eigenvalue weighted by Gasteiger charge is 2.07. The van der Waals surface area contributed by atoms with E-state index in [4.69, 9.17) is 10.5 Å². The largest absolute Gasteiger partial charge is 0.385 e. The average molecular weight is 262 g/mol. The second-order valence-corrected chi connectivity index (χ2v) is 5.13. The number of aromatic nitrogens is 1. The molecule has 0 radical (unpaired) electrons. The van der Waals surface area contributed by atoms with Gasteiger partial charge in [0.25, 0.3) is 0 Å². The van der Waals surface area contributed by atoms with Crippen molar-refractivity contribution in [3.05, 3.63) is 36.0 Å². The van der Waals surface area contributed by atoms with Crippen LogP contribution in [0.25, 0.3) is 10.9 Å². The fraction of sp³-hybridized carbons (Fsp3) is 0.357. The van der Waals surface area contributed by atoms with Crippen LogP contribution in [-0.4, -0.2) is 24.5 Å². The number of rotatable bonds is 6. The molecule has 1 heterocycles. The molecule has 0 atom stereocenters. The number of para-hydroxylation sites is 1. The van der Waals surface area contributed by atoms with Crippen LogP contribution in [0.15, 0.2) is 35.4 Å². The van der Waals surface area contributed by atoms with E-state index in [2.05, 4.69) is 11.1 Å². The Hall–Kier alpha value is -1.10. The standard InChI is InChI=1S/C14H18N2OS/c1-17-7-4-8-18-14-11(9-15)10-16-13-6-3-2-5-12(13)14/h2-3,5-6,10H,4,7-9,15H2,1H3. The molecule has 0 aliphatic heterocycles. The first-order chi connectivity index (χ1) is 8.86. The number of benzene rings is 1. The lowest BCUT2D eigenvalue weighted by Gasteiger charge is -2.10. The number of ether oxygens (including phenoxy) is 1. The fourth-order valence-electron chi connectivity index (χ4n) is 1.85. The van der Waals surface area contributed by atoms with Crippen LogP contribution in [-0.2, 0) is 11.3 Å². The lowest BCUT2D eigenvalue weighted by atomic mass is 10.1. The third-order valence-corrected chi connectivity index (χ3v) is 4.02. The van der Waals surface area contributed by atoms with Crippen LogP contribution >= 0.6 is 11.8 Å². The smallest absolute Gasteiger partial charge is 0.0713 e. The van der Waals surface area contributed by atoms with Gasteiger partial charge in [0.15, 0.2) is 0 Å². The summed E-state index contributed by atoms with van der Waals surface area (Å²) in [7, 11) is 1.73. The van der Waals surface area contributed by atoms with Gasteiger partial charge >= 0.3 is 0 Å². The minimum Gasteiger partial charge on any atom is -0.385 e. The molecule has 3 nitrogen and oxygen atoms in total. The zero-order valence-corrected chi connectivity index (χ0v) is 11.4. The average Bonchev–Trinajstić information content (AvgIpc) is 2.43. The molecule has 0 bridgehead atoms. The number of hydrogen-bond acceptors (Lipinski definition) is 4. The van der Waals surface area contributed by atoms with Gasteiger partial charge in [0.1, 0.15) is 0 Å². The third kappa shape index (κ3) is 3.02. The molecule has 0 unspecified atom stereocenters. The van der Waals surface area contributed by atoms with Gasteiger partial charge in [-0.15, -0.1) is 11.8 Å². The first-order valence-electron chi connectivity index (χ1n) is 6.05. The molecule has 0 spiro atoms. The Kier molecular flexibility index (Phi) is 4.99. The number of fused-ring (bicyclic) bond motifs is 1. The molecule has 96 valence electrons. The SMILES string of the molecule is COCCCSc1c(CN)cnc2ccccc12. The van der Waals surface area contributed by atoms with E-state index in [1.54, 1.807) is 7.11 Å². The summed E-state index contributed by atoms with van der Waals surface area (Å²) < 4.78 is 5.07. The third-order valence-electron chi connectivity index (χ3n) is 2.76. The van der Waals surface area contributed by atoms with E-state index in [1.807, 2.05) is 36.2 Å². The van der Waals surface area contributed by atoms with Crippen LogP contribution < -0.4 is 5.73 Å². The fourth-order valence-corrected chi connectivity index (χ4v) is 2.97. The van der Waals surface area contributed by atoms with Gasteiger partial charge in [0, 0.05) is 42.5 Å². The lowest BCUT2D eigenvalue weighted by Crippen LogP contribution is -2.01. The molecule has 4 heteroatoms. The number of nitrogens with zero attached hydrogens (tertiary/aromatic N) is 1. The van der Waals surface area contributed by atoms with Crippen LogP contribution in [0.2, 0.25) is 0 Å². The Labute approximate surface area is 112 Å². The minimum absolute atomic E-state index is 0.532. The molecule has 0 aliphatic rings. The molecular formula is C14H18N2OS. The Bertz CT molecular complexity index is 516. The monoisotopic (exact) mass is 262 g/mol. The first-order valence-corrected chi connectivity index (χ1v) is 7.03. The maximum Gasteiger partial charge on any atom is 0.0713 e. The van der Waals surface area contributed by atoms with Crippen LogP contribution in [0.5, 0.6) is 0 Å². The number of thioether (sulfide) groups is 1. The summed E-state index contributed by atoms with van der Waals surface area (Å²) in [5.41, 5.74) is 7.95. The second kappa shape index (κ2) is 6.73. The van der Waals surface area contributed by atoms with E-state index in [1.165, 1.54) is 10.3 Å². The molecular weight excluding hydrogens is 244 g/mol. The Balaban J connectivity index is 2.27. The molecule has 0 aliphatic carbocycles. The first kappa shape index (κ1) is 13.3. The summed E-state index contributed by atoms with van der Waals surface area (Å²) in [5.74, 6) is 1.04. The topological polar surface area (TPSA) is 48.1 Å². The highest BCUT2D eigenvalue weighted by Crippen LogP contribution is 2.30. The van der Waals surface area contributed by atoms with Crippen molar-refractivity contribution in [3.63, 3.8) is 0 Å². The van der Waals surface area contributed by atoms with Gasteiger partial charge in [-0.1, -0.05) is 18.2 Å². The van der Waals surface area contributed by atoms with Crippen molar-refractivity contribution in [1.82, 2.24) is 4.98 Å². The van der Waals surface area contributed by atoms with E-state index in [-0.39, 0.29) is 0 Å². The van der Waals surface area contributed by atoms with Crippen molar-refractivity contribution in [2.75, 3.05) is 19.5 Å². The Morgan fingerprint density at radius 1 is 1.33 bits per heavy atom. The van der Waals surface area contributed by atoms with E-state index >= 15 is 0 Å². The molecule has 18 heavy (non-hydrogen) atoms. The maximum atomic E-state index is 5.79. The molecule has 1 aromatic heterocycles. The number of hydrogen-bond donors (Lipinski definition) is 1. The van der Waals surface area contributed by atoms with Crippen LogP contribution in [0.4, 0.5) is 0 Å². The van der Waals surface area contributed by atoms with Gasteiger partial charge in [-0.3, -0.25) is 4.98 Å². The molecule has 1 aromatic carbocycles. The molecule has 2 aromatic rings. The predicted molar refractivity (Wildman–Crippen MR) is 76.9 cm³/mol. The summed E-state index contributed by atoms with van der Waals surface area (Å²) in [5, 5.41) is 1.20. The minimum atomic E-state index is 0.532. The maximum absolute atomic E-state index is 5.79. The number of methoxy groups -OCH3 is 1. The van der Waals surface area contributed by atoms with E-state index in [0.29, 0.717) is 6.54 Å². The molecule has 0 saturated carbocycles. The normalized spacial score (nSPS) is 11.0. The summed E-state index contributed by atoms with van der Waals surface area (Å²) >= 11 is 1.84. The predicted octanol–water partition coefficient (Wildman–Crippen LogP) is 2.82. The molecule has 2 rings (SSSR count). The van der Waals surface area contributed by atoms with Gasteiger partial charge in [0.2, 0.25) is 0 Å². The molecule has 0 amide bonds. The Morgan fingerprint density at radius 3 is 2.94 bits per heavy atom. The number of nitrogens with two attached hydrogens (primary N) is 1. The summed E-state index contributed by atoms with van der Waals surface area (Å²) in [6.07, 6.45) is 2.93. The molecule has 0 fully saturated rings. The van der Waals surface area contributed by atoms with Crippen LogP contribution in [0.1, 0.15) is 12.0 Å². The summed E-state index contributed by atoms with van der Waals surface area (Å²) in [6.45, 7) is 1.33. The quantitative estimate of drug-likeness (QED) is 0.642. The highest BCUT2D eigenvalue weighted by molar-refractivity contribution is 7.99. The van der Waals surface area contributed by atoms with Gasteiger partial charge in [-0.2, -0.15) is 0 Å². The van der Waals surface area contributed by atoms with Crippen molar-refractivity contribution >= 4 is 22.7 Å². The van der Waals surface area contributed by atoms with Gasteiger partial charge in [-0.05, 0) is 18.1 Å². The Morgan fingerprint density at radius 2 is 2.17 bits per heavy atom. The van der Waals surface area contributed by atoms with Crippen molar-refractivity contribution in [2.24, 2.45) is 5.73 Å². The van der Waals surface area contributed by atoms with Gasteiger partial charge < -0.3 is 10.5 Å². The number of pyridine rings is 1. The van der Waals surface area contributed by atoms with Crippen molar-refractivity contribution in [3.8, 4) is 0 Å². The molecule has 2 N–H and O–H groups in total. The summed E-state index contributed by atoms with van der Waals surface area (Å²) in [6, 6.07) is 8.20. The second-order valence-electron chi connectivity index (χ2n) is 4.03. The van der Waals surface area contributed by atoms with E-state index in [9.17, 15) is 0 Å². The van der Waals surface area contributed by atoms with Gasteiger partial charge in [-0.25, -0.2) is 0 Å². The van der Waals surface area contributed by atoms with Crippen molar-refractivity contribution in [2.45, 2.75) is 17.9 Å². The van der Waals surface area contributed by atoms with Gasteiger partial charge in [0.05, 0.1) is 5.52 Å². The summed E-state index contributed by atoms with van der Waals surface area (Å²) in [4.78, 5) is 5.70. The lowest BCUT2D eigenvalue weighted by molar-refractivity contribution is 0.200. The van der Waals surface area contributed by atoms with E-state index < -0.39 is 0 Å². The van der Waals surface area contributed by atoms with Crippen LogP contribution in [0.3, 0.4) is 0 Å². The molecule has 0 saturated heterocycles. The highest BCUT2D eigenvalue weighted by atomic mass is 32.2. The zero-order chi connectivity index (χ0) is 12.8. The zero-order valence-electron chi connectivity index (χ0n) is 10.6. The van der Waals surface area contributed by atoms with Crippen molar-refractivity contribution in [1.29, 1.82) is 0 Å². The van der Waals surface area contributed by atoms with Crippen LogP contribution in [0, 0.1) is 0 Å². The van der Waals surface area contributed by atoms with Crippen molar-refractivity contribution < 1.29 is 4.74 Å². The van der Waals surface area contributed by atoms with E-state index in [0.717, 1.165) is 29.9 Å².